The van der Waals surface area contributed by atoms with Crippen molar-refractivity contribution in [3.05, 3.63) is 87.7 Å². The third kappa shape index (κ3) is 4.47. The molecule has 0 radical (unpaired) electrons. The highest BCUT2D eigenvalue weighted by molar-refractivity contribution is 6.10. The molecule has 3 rings (SSSR count). The first-order valence-corrected chi connectivity index (χ1v) is 10.1. The van der Waals surface area contributed by atoms with Gasteiger partial charge in [-0.2, -0.15) is 5.26 Å². The maximum atomic E-state index is 12.8. The number of amides is 1. The van der Waals surface area contributed by atoms with Gasteiger partial charge in [0.05, 0.1) is 12.7 Å². The lowest BCUT2D eigenvalue weighted by atomic mass is 10.1. The third-order valence-corrected chi connectivity index (χ3v) is 5.53. The van der Waals surface area contributed by atoms with Gasteiger partial charge < -0.3 is 14.6 Å². The number of carbonyl (C=O) groups excluding carboxylic acids is 2. The van der Waals surface area contributed by atoms with E-state index < -0.39 is 11.9 Å². The fraction of sp³-hybridized carbons (Fsp3) is 0.192. The molecule has 0 spiro atoms. The number of carbonyl (C=O) groups is 2. The van der Waals surface area contributed by atoms with Gasteiger partial charge in [0, 0.05) is 22.8 Å². The molecule has 0 aliphatic rings. The molecule has 1 aromatic heterocycles. The van der Waals surface area contributed by atoms with E-state index in [1.807, 2.05) is 74.7 Å². The summed E-state index contributed by atoms with van der Waals surface area (Å²) in [7, 11) is 1.35. The van der Waals surface area contributed by atoms with E-state index in [0.717, 1.165) is 33.8 Å². The van der Waals surface area contributed by atoms with Crippen molar-refractivity contribution in [1.82, 2.24) is 4.57 Å². The summed E-state index contributed by atoms with van der Waals surface area (Å²) in [4.78, 5) is 24.4. The number of anilines is 1. The molecule has 32 heavy (non-hydrogen) atoms. The van der Waals surface area contributed by atoms with Crippen LogP contribution in [0.15, 0.2) is 54.1 Å². The highest BCUT2D eigenvalue weighted by Gasteiger charge is 2.15. The lowest BCUT2D eigenvalue weighted by Gasteiger charge is -2.11. The van der Waals surface area contributed by atoms with Gasteiger partial charge in [-0.15, -0.1) is 0 Å². The molecule has 0 aliphatic carbocycles. The third-order valence-electron chi connectivity index (χ3n) is 5.53. The maximum absolute atomic E-state index is 12.8. The minimum absolute atomic E-state index is 0.0206. The summed E-state index contributed by atoms with van der Waals surface area (Å²) in [5.74, 6) is -0.844. The van der Waals surface area contributed by atoms with Gasteiger partial charge in [0.15, 0.2) is 0 Å². The molecule has 162 valence electrons. The summed E-state index contributed by atoms with van der Waals surface area (Å²) in [6.07, 6.45) is 1.60. The van der Waals surface area contributed by atoms with E-state index in [-0.39, 0.29) is 5.57 Å². The van der Waals surface area contributed by atoms with Crippen molar-refractivity contribution in [2.45, 2.75) is 27.7 Å². The van der Waals surface area contributed by atoms with Crippen LogP contribution in [0, 0.1) is 39.0 Å². The molecule has 6 heteroatoms. The molecule has 0 saturated carbocycles. The number of methoxy groups -OCH3 is 1. The molecule has 0 fully saturated rings. The van der Waals surface area contributed by atoms with Crippen LogP contribution in [-0.2, 0) is 9.53 Å². The molecular formula is C26H25N3O3. The SMILES string of the molecule is COC(=O)c1ccc(-n2c(C)cc(/C=C(\C#N)C(=O)Nc3cccc(C)c3C)c2C)cc1. The number of ether oxygens (including phenoxy) is 1. The zero-order valence-electron chi connectivity index (χ0n) is 18.8. The number of hydrogen-bond donors (Lipinski definition) is 1. The lowest BCUT2D eigenvalue weighted by molar-refractivity contribution is -0.112. The minimum Gasteiger partial charge on any atom is -0.465 e. The number of esters is 1. The first kappa shape index (κ1) is 22.6. The van der Waals surface area contributed by atoms with E-state index in [2.05, 4.69) is 5.32 Å². The Kier molecular flexibility index (Phi) is 6.60. The number of nitrogens with one attached hydrogen (secondary N) is 1. The van der Waals surface area contributed by atoms with Gasteiger partial charge in [-0.05, 0) is 86.9 Å². The Morgan fingerprint density at radius 2 is 1.75 bits per heavy atom. The van der Waals surface area contributed by atoms with Crippen molar-refractivity contribution in [2.24, 2.45) is 0 Å². The molecule has 2 aromatic carbocycles. The van der Waals surface area contributed by atoms with Crippen LogP contribution < -0.4 is 5.32 Å². The molecule has 0 unspecified atom stereocenters. The Balaban J connectivity index is 1.92. The summed E-state index contributed by atoms with van der Waals surface area (Å²) in [5.41, 5.74) is 6.65. The maximum Gasteiger partial charge on any atom is 0.337 e. The van der Waals surface area contributed by atoms with Crippen LogP contribution in [0.5, 0.6) is 0 Å². The topological polar surface area (TPSA) is 84.1 Å². The van der Waals surface area contributed by atoms with Crippen molar-refractivity contribution < 1.29 is 14.3 Å². The number of nitrogens with zero attached hydrogens (tertiary/aromatic N) is 2. The van der Waals surface area contributed by atoms with E-state index in [1.165, 1.54) is 7.11 Å². The molecule has 0 atom stereocenters. The second kappa shape index (κ2) is 9.36. The predicted molar refractivity (Wildman–Crippen MR) is 125 cm³/mol. The van der Waals surface area contributed by atoms with Crippen LogP contribution in [0.4, 0.5) is 5.69 Å². The summed E-state index contributed by atoms with van der Waals surface area (Å²) in [5, 5.41) is 12.5. The Hall–Kier alpha value is -4.11. The lowest BCUT2D eigenvalue weighted by Crippen LogP contribution is -2.14. The first-order valence-electron chi connectivity index (χ1n) is 10.1. The summed E-state index contributed by atoms with van der Waals surface area (Å²) in [6, 6.07) is 16.7. The quantitative estimate of drug-likeness (QED) is 0.351. The fourth-order valence-corrected chi connectivity index (χ4v) is 3.58. The molecular weight excluding hydrogens is 402 g/mol. The first-order chi connectivity index (χ1) is 15.3. The number of aryl methyl sites for hydroxylation is 2. The van der Waals surface area contributed by atoms with E-state index in [9.17, 15) is 14.9 Å². The highest BCUT2D eigenvalue weighted by atomic mass is 16.5. The van der Waals surface area contributed by atoms with E-state index in [1.54, 1.807) is 18.2 Å². The van der Waals surface area contributed by atoms with Gasteiger partial charge in [-0.25, -0.2) is 4.79 Å². The average Bonchev–Trinajstić information content (AvgIpc) is 3.07. The summed E-state index contributed by atoms with van der Waals surface area (Å²) < 4.78 is 6.75. The predicted octanol–water partition coefficient (Wildman–Crippen LogP) is 5.04. The van der Waals surface area contributed by atoms with Crippen molar-refractivity contribution in [1.29, 1.82) is 5.26 Å². The Morgan fingerprint density at radius 1 is 1.06 bits per heavy atom. The van der Waals surface area contributed by atoms with Gasteiger partial charge in [0.25, 0.3) is 5.91 Å². The Morgan fingerprint density at radius 3 is 2.38 bits per heavy atom. The smallest absolute Gasteiger partial charge is 0.337 e. The van der Waals surface area contributed by atoms with Gasteiger partial charge in [0.1, 0.15) is 11.6 Å². The monoisotopic (exact) mass is 427 g/mol. The van der Waals surface area contributed by atoms with Crippen LogP contribution >= 0.6 is 0 Å². The van der Waals surface area contributed by atoms with E-state index in [4.69, 9.17) is 4.74 Å². The van der Waals surface area contributed by atoms with Gasteiger partial charge in [-0.1, -0.05) is 12.1 Å². The largest absolute Gasteiger partial charge is 0.465 e. The minimum atomic E-state index is -0.451. The van der Waals surface area contributed by atoms with E-state index in [0.29, 0.717) is 11.3 Å². The van der Waals surface area contributed by atoms with Crippen LogP contribution in [-0.4, -0.2) is 23.6 Å². The zero-order valence-corrected chi connectivity index (χ0v) is 18.8. The highest BCUT2D eigenvalue weighted by Crippen LogP contribution is 2.24. The Bertz CT molecular complexity index is 1260. The van der Waals surface area contributed by atoms with Crippen LogP contribution in [0.3, 0.4) is 0 Å². The molecule has 0 bridgehead atoms. The van der Waals surface area contributed by atoms with Crippen molar-refractivity contribution >= 4 is 23.6 Å². The Labute approximate surface area is 187 Å². The fourth-order valence-electron chi connectivity index (χ4n) is 3.58. The normalized spacial score (nSPS) is 11.1. The number of aromatic nitrogens is 1. The molecule has 6 nitrogen and oxygen atoms in total. The number of benzene rings is 2. The molecule has 3 aromatic rings. The van der Waals surface area contributed by atoms with Crippen molar-refractivity contribution in [3.8, 4) is 11.8 Å². The average molecular weight is 428 g/mol. The summed E-state index contributed by atoms with van der Waals surface area (Å²) >= 11 is 0. The molecule has 1 N–H and O–H groups in total. The van der Waals surface area contributed by atoms with Crippen LogP contribution in [0.25, 0.3) is 11.8 Å². The van der Waals surface area contributed by atoms with Crippen molar-refractivity contribution in [2.75, 3.05) is 12.4 Å². The zero-order chi connectivity index (χ0) is 23.4. The second-order valence-electron chi connectivity index (χ2n) is 7.57. The molecule has 0 aliphatic heterocycles. The number of hydrogen-bond acceptors (Lipinski definition) is 4. The molecule has 1 amide bonds. The van der Waals surface area contributed by atoms with Gasteiger partial charge in [0.2, 0.25) is 0 Å². The van der Waals surface area contributed by atoms with Gasteiger partial charge >= 0.3 is 5.97 Å². The van der Waals surface area contributed by atoms with E-state index >= 15 is 0 Å². The molecule has 1 heterocycles. The van der Waals surface area contributed by atoms with Crippen molar-refractivity contribution in [3.63, 3.8) is 0 Å². The van der Waals surface area contributed by atoms with Gasteiger partial charge in [-0.3, -0.25) is 4.79 Å². The molecule has 0 saturated heterocycles. The van der Waals surface area contributed by atoms with Crippen LogP contribution in [0.2, 0.25) is 0 Å². The van der Waals surface area contributed by atoms with Crippen LogP contribution in [0.1, 0.15) is 38.4 Å². The second-order valence-corrected chi connectivity index (χ2v) is 7.57. The number of rotatable bonds is 5. The standard InChI is InChI=1S/C26H25N3O3/c1-16-7-6-8-24(18(16)3)28-25(30)22(15-27)14-21-13-17(2)29(19(21)4)23-11-9-20(10-12-23)26(31)32-5/h6-14H,1-5H3,(H,28,30)/b22-14+. The number of nitriles is 1. The summed E-state index contributed by atoms with van der Waals surface area (Å²) in [6.45, 7) is 7.77.